The van der Waals surface area contributed by atoms with Crippen LogP contribution in [0.3, 0.4) is 0 Å². The van der Waals surface area contributed by atoms with E-state index in [1.165, 1.54) is 10.5 Å². The third-order valence-electron chi connectivity index (χ3n) is 5.30. The molecule has 1 heterocycles. The van der Waals surface area contributed by atoms with E-state index in [2.05, 4.69) is 12.2 Å². The van der Waals surface area contributed by atoms with E-state index in [1.54, 1.807) is 18.2 Å². The maximum Gasteiger partial charge on any atom is 0.265 e. The summed E-state index contributed by atoms with van der Waals surface area (Å²) in [5.74, 6) is 0.355. The number of rotatable bonds is 9. The van der Waals surface area contributed by atoms with Gasteiger partial charge in [-0.3, -0.25) is 19.3 Å². The fraction of sp³-hybridized carbons (Fsp3) is 0.375. The molecule has 1 aliphatic carbocycles. The molecule has 0 bridgehead atoms. The smallest absolute Gasteiger partial charge is 0.265 e. The van der Waals surface area contributed by atoms with Gasteiger partial charge in [0, 0.05) is 11.6 Å². The first kappa shape index (κ1) is 20.9. The zero-order valence-electron chi connectivity index (χ0n) is 17.6. The Morgan fingerprint density at radius 1 is 1.16 bits per heavy atom. The zero-order valence-corrected chi connectivity index (χ0v) is 17.6. The van der Waals surface area contributed by atoms with Crippen LogP contribution in [0.5, 0.6) is 11.5 Å². The van der Waals surface area contributed by atoms with Gasteiger partial charge >= 0.3 is 0 Å². The summed E-state index contributed by atoms with van der Waals surface area (Å²) in [6.07, 6.45) is 4.02. The van der Waals surface area contributed by atoms with Crippen LogP contribution in [-0.2, 0) is 16.0 Å². The van der Waals surface area contributed by atoms with E-state index in [1.807, 2.05) is 24.3 Å². The molecule has 31 heavy (non-hydrogen) atoms. The quantitative estimate of drug-likeness (QED) is 0.628. The van der Waals surface area contributed by atoms with Crippen molar-refractivity contribution in [1.82, 2.24) is 5.32 Å². The van der Waals surface area contributed by atoms with Crippen molar-refractivity contribution >= 4 is 23.3 Å². The number of hydrogen-bond acceptors (Lipinski definition) is 5. The topological polar surface area (TPSA) is 84.9 Å². The molecule has 2 aromatic rings. The van der Waals surface area contributed by atoms with Crippen molar-refractivity contribution in [3.63, 3.8) is 0 Å². The number of carbonyl (C=O) groups excluding carboxylic acids is 3. The molecule has 1 fully saturated rings. The molecule has 7 heteroatoms. The van der Waals surface area contributed by atoms with Crippen LogP contribution in [-0.4, -0.2) is 43.4 Å². The number of fused-ring (bicyclic) bond motifs is 1. The highest BCUT2D eigenvalue weighted by Crippen LogP contribution is 2.33. The molecular formula is C24H26N2O5. The number of hydrogen-bond donors (Lipinski definition) is 1. The third kappa shape index (κ3) is 5.23. The van der Waals surface area contributed by atoms with Crippen LogP contribution in [0.25, 0.3) is 0 Å². The molecule has 4 rings (SSSR count). The summed E-state index contributed by atoms with van der Waals surface area (Å²) in [5.41, 5.74) is 2.05. The van der Waals surface area contributed by atoms with Crippen LogP contribution in [0.2, 0.25) is 0 Å². The molecule has 2 amide bonds. The van der Waals surface area contributed by atoms with Gasteiger partial charge in [0.15, 0.2) is 19.0 Å². The molecule has 0 saturated heterocycles. The number of ketones is 1. The van der Waals surface area contributed by atoms with E-state index in [9.17, 15) is 14.4 Å². The van der Waals surface area contributed by atoms with Crippen LogP contribution >= 0.6 is 0 Å². The summed E-state index contributed by atoms with van der Waals surface area (Å²) >= 11 is 0. The summed E-state index contributed by atoms with van der Waals surface area (Å²) < 4.78 is 11.1. The Hall–Kier alpha value is -3.35. The molecule has 7 nitrogen and oxygen atoms in total. The summed E-state index contributed by atoms with van der Waals surface area (Å²) in [7, 11) is 0. The first-order chi connectivity index (χ1) is 15.0. The number of nitrogens with zero attached hydrogens (tertiary/aromatic N) is 1. The summed E-state index contributed by atoms with van der Waals surface area (Å²) in [6.45, 7) is 1.78. The summed E-state index contributed by atoms with van der Waals surface area (Å²) in [5, 5.41) is 2.88. The molecule has 0 unspecified atom stereocenters. The Bertz CT molecular complexity index is 982. The maximum absolute atomic E-state index is 12.7. The first-order valence-electron chi connectivity index (χ1n) is 10.6. The standard InChI is InChI=1S/C24H26N2O5/c1-2-3-16-4-9-19(10-5-16)30-14-21(27)17-6-11-22-20(12-17)26(24(29)15-31-22)13-23(28)25-18-7-8-18/h4-6,9-12,18H,2-3,7-8,13-15H2,1H3,(H,25,28). The molecule has 162 valence electrons. The lowest BCUT2D eigenvalue weighted by molar-refractivity contribution is -0.125. The van der Waals surface area contributed by atoms with Crippen LogP contribution in [0.15, 0.2) is 42.5 Å². The van der Waals surface area contributed by atoms with Gasteiger partial charge in [0.1, 0.15) is 18.0 Å². The van der Waals surface area contributed by atoms with Crippen molar-refractivity contribution < 1.29 is 23.9 Å². The number of anilines is 1. The molecule has 1 aliphatic heterocycles. The van der Waals surface area contributed by atoms with Crippen LogP contribution in [0.4, 0.5) is 5.69 Å². The highest BCUT2D eigenvalue weighted by atomic mass is 16.5. The van der Waals surface area contributed by atoms with E-state index in [0.29, 0.717) is 22.7 Å². The average molecular weight is 422 g/mol. The lowest BCUT2D eigenvalue weighted by Crippen LogP contribution is -2.45. The molecule has 0 aromatic heterocycles. The molecule has 0 radical (unpaired) electrons. The normalized spacial score (nSPS) is 15.1. The second-order valence-corrected chi connectivity index (χ2v) is 7.90. The second kappa shape index (κ2) is 9.20. The molecule has 2 aliphatic rings. The number of carbonyl (C=O) groups is 3. The monoisotopic (exact) mass is 422 g/mol. The second-order valence-electron chi connectivity index (χ2n) is 7.90. The number of amides is 2. The van der Waals surface area contributed by atoms with Crippen molar-refractivity contribution in [1.29, 1.82) is 0 Å². The Kier molecular flexibility index (Phi) is 6.21. The largest absolute Gasteiger partial charge is 0.485 e. The Morgan fingerprint density at radius 3 is 2.65 bits per heavy atom. The number of nitrogens with one attached hydrogen (secondary N) is 1. The number of Topliss-reactive ketones (excluding diaryl/α,β-unsaturated/α-hetero) is 1. The Labute approximate surface area is 181 Å². The molecule has 2 aromatic carbocycles. The van der Waals surface area contributed by atoms with E-state index >= 15 is 0 Å². The van der Waals surface area contributed by atoms with Crippen molar-refractivity contribution in [2.75, 3.05) is 24.7 Å². The lowest BCUT2D eigenvalue weighted by atomic mass is 10.1. The summed E-state index contributed by atoms with van der Waals surface area (Å²) in [4.78, 5) is 38.7. The highest BCUT2D eigenvalue weighted by molar-refractivity contribution is 6.04. The van der Waals surface area contributed by atoms with E-state index in [-0.39, 0.29) is 43.4 Å². The zero-order chi connectivity index (χ0) is 21.8. The van der Waals surface area contributed by atoms with Crippen LogP contribution in [0, 0.1) is 0 Å². The number of aryl methyl sites for hydroxylation is 1. The fourth-order valence-electron chi connectivity index (χ4n) is 3.47. The minimum Gasteiger partial charge on any atom is -0.485 e. The van der Waals surface area contributed by atoms with Gasteiger partial charge in [0.05, 0.1) is 5.69 Å². The van der Waals surface area contributed by atoms with Gasteiger partial charge in [-0.05, 0) is 55.2 Å². The summed E-state index contributed by atoms with van der Waals surface area (Å²) in [6, 6.07) is 12.8. The SMILES string of the molecule is CCCc1ccc(OCC(=O)c2ccc3c(c2)N(CC(=O)NC2CC2)C(=O)CO3)cc1. The number of benzene rings is 2. The van der Waals surface area contributed by atoms with E-state index < -0.39 is 0 Å². The van der Waals surface area contributed by atoms with E-state index in [4.69, 9.17) is 9.47 Å². The molecule has 1 N–H and O–H groups in total. The molecule has 0 atom stereocenters. The minimum absolute atomic E-state index is 0.0933. The lowest BCUT2D eigenvalue weighted by Gasteiger charge is -2.29. The molecule has 1 saturated carbocycles. The first-order valence-corrected chi connectivity index (χ1v) is 10.6. The van der Waals surface area contributed by atoms with Crippen LogP contribution < -0.4 is 19.7 Å². The predicted octanol–water partition coefficient (Wildman–Crippen LogP) is 2.90. The van der Waals surface area contributed by atoms with Gasteiger partial charge in [-0.2, -0.15) is 0 Å². The van der Waals surface area contributed by atoms with Gasteiger partial charge < -0.3 is 14.8 Å². The average Bonchev–Trinajstić information content (AvgIpc) is 3.59. The van der Waals surface area contributed by atoms with Gasteiger partial charge in [0.25, 0.3) is 5.91 Å². The minimum atomic E-state index is -0.313. The molecular weight excluding hydrogens is 396 g/mol. The van der Waals surface area contributed by atoms with Crippen molar-refractivity contribution in [2.45, 2.75) is 38.6 Å². The molecule has 0 spiro atoms. The predicted molar refractivity (Wildman–Crippen MR) is 116 cm³/mol. The number of ether oxygens (including phenoxy) is 2. The Morgan fingerprint density at radius 2 is 1.94 bits per heavy atom. The van der Waals surface area contributed by atoms with Crippen LogP contribution in [0.1, 0.15) is 42.1 Å². The van der Waals surface area contributed by atoms with Gasteiger partial charge in [-0.25, -0.2) is 0 Å². The van der Waals surface area contributed by atoms with Crippen molar-refractivity contribution in [3.8, 4) is 11.5 Å². The van der Waals surface area contributed by atoms with Gasteiger partial charge in [-0.1, -0.05) is 25.5 Å². The van der Waals surface area contributed by atoms with E-state index in [0.717, 1.165) is 25.7 Å². The Balaban J connectivity index is 1.43. The third-order valence-corrected chi connectivity index (χ3v) is 5.30. The maximum atomic E-state index is 12.7. The van der Waals surface area contributed by atoms with Crippen molar-refractivity contribution in [2.24, 2.45) is 0 Å². The van der Waals surface area contributed by atoms with Gasteiger partial charge in [0.2, 0.25) is 5.91 Å². The highest BCUT2D eigenvalue weighted by Gasteiger charge is 2.30. The fourth-order valence-corrected chi connectivity index (χ4v) is 3.47. The van der Waals surface area contributed by atoms with Gasteiger partial charge in [-0.15, -0.1) is 0 Å². The van der Waals surface area contributed by atoms with Crippen molar-refractivity contribution in [3.05, 3.63) is 53.6 Å².